The van der Waals surface area contributed by atoms with Gasteiger partial charge in [0.25, 0.3) is 5.91 Å². The van der Waals surface area contributed by atoms with Crippen molar-refractivity contribution >= 4 is 27.2 Å². The summed E-state index contributed by atoms with van der Waals surface area (Å²) >= 11 is 0. The van der Waals surface area contributed by atoms with Crippen LogP contribution in [-0.2, 0) is 20.0 Å². The molecule has 3 aromatic carbocycles. The SMILES string of the molecule is CC[C@H](CC(=O)C1(c2ccccc2)CCN(C(=O)c2ccc(N3CCS(=O)(=O)CC3)cc2)CC1)c1ccccc1. The molecule has 40 heavy (non-hydrogen) atoms. The van der Waals surface area contributed by atoms with Crippen molar-refractivity contribution in [3.8, 4) is 0 Å². The molecule has 0 unspecified atom stereocenters. The van der Waals surface area contributed by atoms with Crippen LogP contribution in [0.1, 0.15) is 60.0 Å². The maximum Gasteiger partial charge on any atom is 0.253 e. The summed E-state index contributed by atoms with van der Waals surface area (Å²) in [6.07, 6.45) is 2.59. The molecule has 0 spiro atoms. The Labute approximate surface area is 237 Å². The minimum Gasteiger partial charge on any atom is -0.369 e. The molecule has 3 aromatic rings. The predicted molar refractivity (Wildman–Crippen MR) is 160 cm³/mol. The van der Waals surface area contributed by atoms with E-state index in [0.717, 1.165) is 17.7 Å². The first-order chi connectivity index (χ1) is 19.3. The first kappa shape index (κ1) is 28.1. The predicted octanol–water partition coefficient (Wildman–Crippen LogP) is 5.25. The van der Waals surface area contributed by atoms with Crippen LogP contribution in [0.4, 0.5) is 5.69 Å². The Bertz CT molecular complexity index is 1400. The molecule has 2 heterocycles. The molecule has 0 aromatic heterocycles. The number of piperidine rings is 1. The molecule has 2 aliphatic rings. The average molecular weight is 559 g/mol. The molecule has 2 saturated heterocycles. The summed E-state index contributed by atoms with van der Waals surface area (Å²) in [5, 5.41) is 0. The lowest BCUT2D eigenvalue weighted by Crippen LogP contribution is -2.49. The minimum absolute atomic E-state index is 0.0300. The molecule has 0 aliphatic carbocycles. The lowest BCUT2D eigenvalue weighted by molar-refractivity contribution is -0.126. The van der Waals surface area contributed by atoms with E-state index in [9.17, 15) is 18.0 Å². The highest BCUT2D eigenvalue weighted by Crippen LogP contribution is 2.40. The van der Waals surface area contributed by atoms with Crippen molar-refractivity contribution in [1.29, 1.82) is 0 Å². The average Bonchev–Trinajstić information content (AvgIpc) is 3.00. The van der Waals surface area contributed by atoms with Gasteiger partial charge in [-0.2, -0.15) is 0 Å². The van der Waals surface area contributed by atoms with Gasteiger partial charge in [0.05, 0.1) is 16.9 Å². The Morgan fingerprint density at radius 1 is 0.800 bits per heavy atom. The minimum atomic E-state index is -2.94. The van der Waals surface area contributed by atoms with E-state index in [1.165, 1.54) is 5.56 Å². The number of sulfone groups is 1. The molecule has 5 rings (SSSR count). The van der Waals surface area contributed by atoms with Gasteiger partial charge < -0.3 is 9.80 Å². The highest BCUT2D eigenvalue weighted by molar-refractivity contribution is 7.91. The second-order valence-corrected chi connectivity index (χ2v) is 13.4. The van der Waals surface area contributed by atoms with Crippen LogP contribution < -0.4 is 4.90 Å². The van der Waals surface area contributed by atoms with Crippen LogP contribution in [0.15, 0.2) is 84.9 Å². The summed E-state index contributed by atoms with van der Waals surface area (Å²) < 4.78 is 23.5. The monoisotopic (exact) mass is 558 g/mol. The van der Waals surface area contributed by atoms with Crippen LogP contribution in [0.5, 0.6) is 0 Å². The van der Waals surface area contributed by atoms with E-state index in [2.05, 4.69) is 36.1 Å². The van der Waals surface area contributed by atoms with E-state index in [-0.39, 0.29) is 29.1 Å². The number of carbonyl (C=O) groups excluding carboxylic acids is 2. The lowest BCUT2D eigenvalue weighted by atomic mass is 9.67. The molecule has 2 fully saturated rings. The Morgan fingerprint density at radius 3 is 1.95 bits per heavy atom. The van der Waals surface area contributed by atoms with Crippen LogP contribution in [0, 0.1) is 0 Å². The molecule has 210 valence electrons. The second-order valence-electron chi connectivity index (χ2n) is 11.1. The molecular weight excluding hydrogens is 520 g/mol. The van der Waals surface area contributed by atoms with Crippen molar-refractivity contribution in [2.75, 3.05) is 42.6 Å². The number of ketones is 1. The fourth-order valence-electron chi connectivity index (χ4n) is 6.19. The second kappa shape index (κ2) is 12.0. The van der Waals surface area contributed by atoms with Gasteiger partial charge >= 0.3 is 0 Å². The first-order valence-electron chi connectivity index (χ1n) is 14.3. The molecule has 6 nitrogen and oxygen atoms in total. The smallest absolute Gasteiger partial charge is 0.253 e. The van der Waals surface area contributed by atoms with E-state index >= 15 is 0 Å². The molecule has 0 N–H and O–H groups in total. The number of likely N-dealkylation sites (tertiary alicyclic amines) is 1. The normalized spacial score (nSPS) is 19.1. The first-order valence-corrected chi connectivity index (χ1v) is 16.1. The summed E-state index contributed by atoms with van der Waals surface area (Å²) in [6.45, 7) is 4.13. The maximum atomic E-state index is 14.1. The molecule has 0 bridgehead atoms. The highest BCUT2D eigenvalue weighted by atomic mass is 32.2. The van der Waals surface area contributed by atoms with Gasteiger partial charge in [-0.05, 0) is 60.6 Å². The number of carbonyl (C=O) groups is 2. The largest absolute Gasteiger partial charge is 0.369 e. The number of hydrogen-bond acceptors (Lipinski definition) is 5. The quantitative estimate of drug-likeness (QED) is 0.378. The van der Waals surface area contributed by atoms with Crippen molar-refractivity contribution in [2.24, 2.45) is 0 Å². The van der Waals surface area contributed by atoms with Crippen molar-refractivity contribution in [3.63, 3.8) is 0 Å². The van der Waals surface area contributed by atoms with Crippen LogP contribution in [0.25, 0.3) is 0 Å². The zero-order chi connectivity index (χ0) is 28.2. The van der Waals surface area contributed by atoms with E-state index in [4.69, 9.17) is 0 Å². The van der Waals surface area contributed by atoms with Gasteiger partial charge in [0.15, 0.2) is 9.84 Å². The van der Waals surface area contributed by atoms with Gasteiger partial charge in [-0.3, -0.25) is 9.59 Å². The van der Waals surface area contributed by atoms with Gasteiger partial charge in [-0.1, -0.05) is 67.6 Å². The van der Waals surface area contributed by atoms with Gasteiger partial charge in [-0.15, -0.1) is 0 Å². The Kier molecular flexibility index (Phi) is 8.40. The summed E-state index contributed by atoms with van der Waals surface area (Å²) in [5.74, 6) is 0.723. The van der Waals surface area contributed by atoms with Gasteiger partial charge in [0.2, 0.25) is 0 Å². The standard InChI is InChI=1S/C33H38N2O4S/c1-2-26(27-9-5-3-6-10-27)25-31(36)33(29-11-7-4-8-12-29)17-19-35(20-18-33)32(37)28-13-15-30(16-14-28)34-21-23-40(38,39)24-22-34/h3-16,26H,2,17-25H2,1H3/t26-/m1/s1. The molecular formula is C33H38N2O4S. The fraction of sp³-hybridized carbons (Fsp3) is 0.394. The molecule has 1 atom stereocenters. The number of Topliss-reactive ketones (excluding diaryl/α,β-unsaturated/α-hetero) is 1. The Balaban J connectivity index is 1.29. The Hall–Kier alpha value is -3.45. The third-order valence-electron chi connectivity index (χ3n) is 8.78. The van der Waals surface area contributed by atoms with E-state index in [0.29, 0.717) is 51.0 Å². The van der Waals surface area contributed by atoms with Crippen LogP contribution in [0.2, 0.25) is 0 Å². The number of benzene rings is 3. The van der Waals surface area contributed by atoms with Crippen LogP contribution >= 0.6 is 0 Å². The molecule has 0 radical (unpaired) electrons. The number of hydrogen-bond donors (Lipinski definition) is 0. The molecule has 7 heteroatoms. The topological polar surface area (TPSA) is 74.8 Å². The molecule has 2 aliphatic heterocycles. The van der Waals surface area contributed by atoms with Gasteiger partial charge in [0.1, 0.15) is 5.78 Å². The summed E-state index contributed by atoms with van der Waals surface area (Å²) in [6, 6.07) is 27.8. The van der Waals surface area contributed by atoms with E-state index in [1.807, 2.05) is 65.6 Å². The van der Waals surface area contributed by atoms with E-state index in [1.54, 1.807) is 0 Å². The maximum absolute atomic E-state index is 14.1. The van der Waals surface area contributed by atoms with Gasteiger partial charge in [-0.25, -0.2) is 8.42 Å². The molecule has 0 saturated carbocycles. The van der Waals surface area contributed by atoms with Crippen LogP contribution in [-0.4, -0.2) is 62.7 Å². The zero-order valence-corrected chi connectivity index (χ0v) is 24.0. The summed E-state index contributed by atoms with van der Waals surface area (Å²) in [5.41, 5.74) is 3.19. The van der Waals surface area contributed by atoms with Crippen molar-refractivity contribution in [3.05, 3.63) is 102 Å². The van der Waals surface area contributed by atoms with Gasteiger partial charge in [0, 0.05) is 43.9 Å². The number of rotatable bonds is 8. The number of nitrogens with zero attached hydrogens (tertiary/aromatic N) is 2. The van der Waals surface area contributed by atoms with Crippen molar-refractivity contribution < 1.29 is 18.0 Å². The third-order valence-corrected chi connectivity index (χ3v) is 10.4. The zero-order valence-electron chi connectivity index (χ0n) is 23.2. The Morgan fingerprint density at radius 2 is 1.38 bits per heavy atom. The third kappa shape index (κ3) is 5.99. The molecule has 1 amide bonds. The van der Waals surface area contributed by atoms with Crippen molar-refractivity contribution in [1.82, 2.24) is 4.90 Å². The number of anilines is 1. The summed E-state index contributed by atoms with van der Waals surface area (Å²) in [4.78, 5) is 31.5. The van der Waals surface area contributed by atoms with Crippen LogP contribution in [0.3, 0.4) is 0 Å². The summed E-state index contributed by atoms with van der Waals surface area (Å²) in [7, 11) is -2.94. The lowest BCUT2D eigenvalue weighted by Gasteiger charge is -2.42. The fourth-order valence-corrected chi connectivity index (χ4v) is 7.39. The van der Waals surface area contributed by atoms with Crippen molar-refractivity contribution in [2.45, 2.75) is 43.9 Å². The highest BCUT2D eigenvalue weighted by Gasteiger charge is 2.43. The van der Waals surface area contributed by atoms with E-state index < -0.39 is 15.3 Å². The number of amides is 1.